The lowest BCUT2D eigenvalue weighted by molar-refractivity contribution is 0.0526. The first-order chi connectivity index (χ1) is 9.14. The molecule has 0 spiro atoms. The Bertz CT molecular complexity index is 316. The number of carbonyl (C=O) groups is 1. The van der Waals surface area contributed by atoms with Crippen LogP contribution < -0.4 is 10.6 Å². The van der Waals surface area contributed by atoms with E-state index >= 15 is 0 Å². The predicted molar refractivity (Wildman–Crippen MR) is 84.5 cm³/mol. The summed E-state index contributed by atoms with van der Waals surface area (Å²) in [6, 6.07) is 0.524. The molecule has 1 amide bonds. The molecule has 0 aromatic rings. The third kappa shape index (κ3) is 11.2. The molecule has 0 bridgehead atoms. The van der Waals surface area contributed by atoms with E-state index in [1.54, 1.807) is 6.26 Å². The molecule has 0 aromatic carbocycles. The maximum Gasteiger partial charge on any atom is 0.407 e. The van der Waals surface area contributed by atoms with E-state index in [4.69, 9.17) is 4.74 Å². The Kier molecular flexibility index (Phi) is 9.05. The van der Waals surface area contributed by atoms with Crippen LogP contribution >= 0.6 is 0 Å². The molecule has 3 atom stereocenters. The van der Waals surface area contributed by atoms with Gasteiger partial charge in [0.2, 0.25) is 0 Å². The molecular formula is C14H30N2O3S. The van der Waals surface area contributed by atoms with Gasteiger partial charge in [0.05, 0.1) is 0 Å². The highest BCUT2D eigenvalue weighted by molar-refractivity contribution is 7.84. The lowest BCUT2D eigenvalue weighted by atomic mass is 10.1. The second-order valence-corrected chi connectivity index (χ2v) is 7.61. The number of carbonyl (C=O) groups excluding carboxylic acids is 1. The van der Waals surface area contributed by atoms with Crippen LogP contribution in [-0.4, -0.2) is 46.5 Å². The van der Waals surface area contributed by atoms with Crippen molar-refractivity contribution in [3.63, 3.8) is 0 Å². The molecule has 0 saturated carbocycles. The smallest absolute Gasteiger partial charge is 0.407 e. The lowest BCUT2D eigenvalue weighted by Gasteiger charge is -2.23. The molecule has 3 unspecified atom stereocenters. The highest BCUT2D eigenvalue weighted by Gasteiger charge is 2.16. The second-order valence-electron chi connectivity index (χ2n) is 6.13. The maximum atomic E-state index is 11.5. The van der Waals surface area contributed by atoms with Crippen LogP contribution in [0.1, 0.15) is 47.5 Å². The van der Waals surface area contributed by atoms with Gasteiger partial charge in [-0.1, -0.05) is 6.92 Å². The number of hydrogen-bond acceptors (Lipinski definition) is 4. The average Bonchev–Trinajstić information content (AvgIpc) is 2.23. The van der Waals surface area contributed by atoms with E-state index in [1.807, 2.05) is 27.7 Å². The van der Waals surface area contributed by atoms with Crippen LogP contribution in [0.15, 0.2) is 0 Å². The summed E-state index contributed by atoms with van der Waals surface area (Å²) in [7, 11) is -0.791. The van der Waals surface area contributed by atoms with Gasteiger partial charge >= 0.3 is 6.09 Å². The van der Waals surface area contributed by atoms with E-state index in [1.165, 1.54) is 0 Å². The van der Waals surface area contributed by atoms with Crippen molar-refractivity contribution in [2.24, 2.45) is 0 Å². The highest BCUT2D eigenvalue weighted by atomic mass is 32.2. The summed E-state index contributed by atoms with van der Waals surface area (Å²) in [4.78, 5) is 11.5. The Morgan fingerprint density at radius 1 is 1.35 bits per heavy atom. The van der Waals surface area contributed by atoms with Gasteiger partial charge < -0.3 is 15.4 Å². The lowest BCUT2D eigenvalue weighted by Crippen LogP contribution is -2.41. The summed E-state index contributed by atoms with van der Waals surface area (Å²) in [6.07, 6.45) is 3.13. The minimum Gasteiger partial charge on any atom is -0.444 e. The van der Waals surface area contributed by atoms with Crippen LogP contribution in [0.4, 0.5) is 4.79 Å². The van der Waals surface area contributed by atoms with E-state index in [0.717, 1.165) is 12.8 Å². The van der Waals surface area contributed by atoms with Crippen molar-refractivity contribution in [2.75, 3.05) is 18.6 Å². The highest BCUT2D eigenvalue weighted by Crippen LogP contribution is 2.06. The minimum atomic E-state index is -0.791. The SMILES string of the molecule is CCC(CCNC(=O)OC(C)(C)C)NC(C)CS(C)=O. The molecule has 0 aromatic heterocycles. The van der Waals surface area contributed by atoms with E-state index in [9.17, 15) is 9.00 Å². The number of nitrogens with one attached hydrogen (secondary N) is 2. The Hall–Kier alpha value is -0.620. The maximum absolute atomic E-state index is 11.5. The number of hydrogen-bond donors (Lipinski definition) is 2. The van der Waals surface area contributed by atoms with Gasteiger partial charge in [-0.05, 0) is 40.5 Å². The molecule has 0 aliphatic rings. The van der Waals surface area contributed by atoms with Gasteiger partial charge in [-0.3, -0.25) is 4.21 Å². The molecule has 0 aliphatic carbocycles. The van der Waals surface area contributed by atoms with Gasteiger partial charge in [-0.15, -0.1) is 0 Å². The van der Waals surface area contributed by atoms with Crippen molar-refractivity contribution in [3.8, 4) is 0 Å². The fraction of sp³-hybridized carbons (Fsp3) is 0.929. The molecular weight excluding hydrogens is 276 g/mol. The van der Waals surface area contributed by atoms with E-state index in [0.29, 0.717) is 18.3 Å². The zero-order chi connectivity index (χ0) is 15.8. The summed E-state index contributed by atoms with van der Waals surface area (Å²) in [6.45, 7) is 10.2. The molecule has 0 fully saturated rings. The van der Waals surface area contributed by atoms with E-state index < -0.39 is 16.4 Å². The number of rotatable bonds is 8. The summed E-state index contributed by atoms with van der Waals surface area (Å²) in [5.41, 5.74) is -0.466. The van der Waals surface area contributed by atoms with Crippen molar-refractivity contribution >= 4 is 16.9 Å². The topological polar surface area (TPSA) is 67.4 Å². The van der Waals surface area contributed by atoms with Crippen LogP contribution in [0.5, 0.6) is 0 Å². The molecule has 20 heavy (non-hydrogen) atoms. The number of amides is 1. The van der Waals surface area contributed by atoms with E-state index in [-0.39, 0.29) is 12.1 Å². The Balaban J connectivity index is 3.96. The fourth-order valence-electron chi connectivity index (χ4n) is 1.87. The molecule has 120 valence electrons. The second kappa shape index (κ2) is 9.34. The third-order valence-corrected chi connectivity index (χ3v) is 3.63. The Morgan fingerprint density at radius 3 is 2.40 bits per heavy atom. The molecule has 0 aliphatic heterocycles. The summed E-state index contributed by atoms with van der Waals surface area (Å²) in [5, 5.41) is 6.19. The molecule has 0 heterocycles. The zero-order valence-corrected chi connectivity index (χ0v) is 14.4. The first-order valence-corrected chi connectivity index (χ1v) is 8.89. The van der Waals surface area contributed by atoms with Crippen molar-refractivity contribution in [3.05, 3.63) is 0 Å². The van der Waals surface area contributed by atoms with Crippen molar-refractivity contribution in [1.29, 1.82) is 0 Å². The Labute approximate surface area is 125 Å². The normalized spacial score (nSPS) is 16.3. The van der Waals surface area contributed by atoms with Crippen LogP contribution in [0.25, 0.3) is 0 Å². The average molecular weight is 306 g/mol. The number of alkyl carbamates (subject to hydrolysis) is 1. The fourth-order valence-corrected chi connectivity index (χ4v) is 2.67. The van der Waals surface area contributed by atoms with Crippen LogP contribution in [-0.2, 0) is 15.5 Å². The summed E-state index contributed by atoms with van der Waals surface area (Å²) in [5.74, 6) is 0.649. The molecule has 0 radical (unpaired) electrons. The molecule has 6 heteroatoms. The summed E-state index contributed by atoms with van der Waals surface area (Å²) < 4.78 is 16.3. The largest absolute Gasteiger partial charge is 0.444 e. The van der Waals surface area contributed by atoms with Crippen LogP contribution in [0.2, 0.25) is 0 Å². The minimum absolute atomic E-state index is 0.215. The molecule has 0 rings (SSSR count). The Morgan fingerprint density at radius 2 is 1.95 bits per heavy atom. The van der Waals surface area contributed by atoms with Crippen molar-refractivity contribution < 1.29 is 13.7 Å². The van der Waals surface area contributed by atoms with E-state index in [2.05, 4.69) is 17.6 Å². The molecule has 2 N–H and O–H groups in total. The van der Waals surface area contributed by atoms with Crippen LogP contribution in [0, 0.1) is 0 Å². The van der Waals surface area contributed by atoms with Gasteiger partial charge in [0, 0.05) is 41.4 Å². The van der Waals surface area contributed by atoms with Gasteiger partial charge in [0.1, 0.15) is 5.60 Å². The molecule has 0 saturated heterocycles. The monoisotopic (exact) mass is 306 g/mol. The summed E-state index contributed by atoms with van der Waals surface area (Å²) >= 11 is 0. The quantitative estimate of drug-likeness (QED) is 0.720. The number of ether oxygens (including phenoxy) is 1. The third-order valence-electron chi connectivity index (χ3n) is 2.66. The van der Waals surface area contributed by atoms with Gasteiger partial charge in [-0.2, -0.15) is 0 Å². The van der Waals surface area contributed by atoms with Crippen molar-refractivity contribution in [1.82, 2.24) is 10.6 Å². The van der Waals surface area contributed by atoms with Gasteiger partial charge in [0.15, 0.2) is 0 Å². The van der Waals surface area contributed by atoms with Crippen LogP contribution in [0.3, 0.4) is 0 Å². The standard InChI is InChI=1S/C14H30N2O3S/c1-7-12(16-11(2)10-20(6)18)8-9-15-13(17)19-14(3,4)5/h11-12,16H,7-10H2,1-6H3,(H,15,17). The van der Waals surface area contributed by atoms with Gasteiger partial charge in [-0.25, -0.2) is 4.79 Å². The van der Waals surface area contributed by atoms with Crippen molar-refractivity contribution in [2.45, 2.75) is 65.1 Å². The first kappa shape index (κ1) is 19.4. The zero-order valence-electron chi connectivity index (χ0n) is 13.6. The molecule has 5 nitrogen and oxygen atoms in total. The first-order valence-electron chi connectivity index (χ1n) is 7.17. The van der Waals surface area contributed by atoms with Gasteiger partial charge in [0.25, 0.3) is 0 Å². The predicted octanol–water partition coefficient (Wildman–Crippen LogP) is 2.04.